The number of carbonyl (C=O) groups is 3. The Bertz CT molecular complexity index is 702. The zero-order chi connectivity index (χ0) is 18.1. The lowest BCUT2D eigenvalue weighted by atomic mass is 9.94. The lowest BCUT2D eigenvalue weighted by Gasteiger charge is -2.24. The number of rotatable bonds is 4. The summed E-state index contributed by atoms with van der Waals surface area (Å²) in [5.41, 5.74) is 0.822. The van der Waals surface area contributed by atoms with Crippen LogP contribution in [0.1, 0.15) is 46.9 Å². The highest BCUT2D eigenvalue weighted by Crippen LogP contribution is 2.42. The van der Waals surface area contributed by atoms with Gasteiger partial charge in [-0.15, -0.1) is 0 Å². The van der Waals surface area contributed by atoms with Gasteiger partial charge in [0.15, 0.2) is 0 Å². The first kappa shape index (κ1) is 17.5. The van der Waals surface area contributed by atoms with E-state index in [-0.39, 0.29) is 23.7 Å². The number of aliphatic carboxylic acids is 1. The van der Waals surface area contributed by atoms with Crippen molar-refractivity contribution in [2.24, 2.45) is 11.8 Å². The molecular weight excluding hydrogens is 320 g/mol. The van der Waals surface area contributed by atoms with E-state index in [0.717, 1.165) is 19.3 Å². The molecule has 0 bridgehead atoms. The maximum Gasteiger partial charge on any atom is 0.326 e. The predicted molar refractivity (Wildman–Crippen MR) is 92.4 cm³/mol. The van der Waals surface area contributed by atoms with E-state index in [0.29, 0.717) is 24.2 Å². The van der Waals surface area contributed by atoms with Gasteiger partial charge >= 0.3 is 5.97 Å². The van der Waals surface area contributed by atoms with Crippen molar-refractivity contribution in [3.05, 3.63) is 35.4 Å². The van der Waals surface area contributed by atoms with Crippen LogP contribution in [0.2, 0.25) is 0 Å². The molecule has 0 aromatic heterocycles. The molecule has 6 heteroatoms. The van der Waals surface area contributed by atoms with Crippen molar-refractivity contribution in [1.82, 2.24) is 9.80 Å². The zero-order valence-electron chi connectivity index (χ0n) is 14.6. The van der Waals surface area contributed by atoms with Crippen molar-refractivity contribution in [1.29, 1.82) is 0 Å². The van der Waals surface area contributed by atoms with Crippen LogP contribution in [0.4, 0.5) is 0 Å². The van der Waals surface area contributed by atoms with Gasteiger partial charge in [-0.05, 0) is 49.8 Å². The minimum absolute atomic E-state index is 0.0532. The number of carbonyl (C=O) groups excluding carboxylic acids is 2. The molecule has 134 valence electrons. The second-order valence-electron chi connectivity index (χ2n) is 7.00. The Hall–Kier alpha value is -2.37. The molecule has 1 saturated heterocycles. The van der Waals surface area contributed by atoms with Gasteiger partial charge in [-0.2, -0.15) is 0 Å². The molecule has 1 aliphatic carbocycles. The summed E-state index contributed by atoms with van der Waals surface area (Å²) in [5.74, 6) is -1.04. The van der Waals surface area contributed by atoms with Gasteiger partial charge in [-0.25, -0.2) is 4.79 Å². The largest absolute Gasteiger partial charge is 0.480 e. The third kappa shape index (κ3) is 3.13. The van der Waals surface area contributed by atoms with Gasteiger partial charge in [-0.1, -0.05) is 12.5 Å². The van der Waals surface area contributed by atoms with Crippen molar-refractivity contribution in [3.8, 4) is 0 Å². The highest BCUT2D eigenvalue weighted by atomic mass is 16.4. The number of hydrogen-bond acceptors (Lipinski definition) is 3. The number of carboxylic acid groups (broad SMARTS) is 1. The Morgan fingerprint density at radius 3 is 2.64 bits per heavy atom. The van der Waals surface area contributed by atoms with E-state index < -0.39 is 12.0 Å². The topological polar surface area (TPSA) is 77.9 Å². The van der Waals surface area contributed by atoms with E-state index in [1.807, 2.05) is 6.92 Å². The molecule has 1 aromatic carbocycles. The molecule has 2 fully saturated rings. The number of carboxylic acids is 1. The summed E-state index contributed by atoms with van der Waals surface area (Å²) in [5, 5.41) is 9.62. The molecule has 1 heterocycles. The summed E-state index contributed by atoms with van der Waals surface area (Å²) >= 11 is 0. The molecule has 3 unspecified atom stereocenters. The number of fused-ring (bicyclic) bond motifs is 1. The van der Waals surface area contributed by atoms with Crippen molar-refractivity contribution < 1.29 is 19.5 Å². The van der Waals surface area contributed by atoms with Crippen LogP contribution in [0.25, 0.3) is 0 Å². The number of hydrogen-bond donors (Lipinski definition) is 1. The molecule has 0 spiro atoms. The Labute approximate surface area is 147 Å². The van der Waals surface area contributed by atoms with Gasteiger partial charge in [0.1, 0.15) is 6.04 Å². The van der Waals surface area contributed by atoms with Gasteiger partial charge in [0.25, 0.3) is 11.8 Å². The van der Waals surface area contributed by atoms with Crippen molar-refractivity contribution in [2.45, 2.75) is 32.2 Å². The molecular formula is C19H24N2O4. The van der Waals surface area contributed by atoms with E-state index in [1.54, 1.807) is 36.2 Å². The lowest BCUT2D eigenvalue weighted by molar-refractivity contribution is -0.142. The Balaban J connectivity index is 1.85. The van der Waals surface area contributed by atoms with E-state index in [1.165, 1.54) is 4.90 Å². The van der Waals surface area contributed by atoms with Crippen LogP contribution in [0.5, 0.6) is 0 Å². The predicted octanol–water partition coefficient (Wildman–Crippen LogP) is 2.10. The van der Waals surface area contributed by atoms with Gasteiger partial charge < -0.3 is 14.9 Å². The first-order valence-electron chi connectivity index (χ1n) is 8.83. The quantitative estimate of drug-likeness (QED) is 0.907. The van der Waals surface area contributed by atoms with Crippen LogP contribution < -0.4 is 0 Å². The van der Waals surface area contributed by atoms with Crippen molar-refractivity contribution in [3.63, 3.8) is 0 Å². The van der Waals surface area contributed by atoms with Crippen LogP contribution in [0.3, 0.4) is 0 Å². The SMILES string of the molecule is CCN(C)C(=O)c1cccc(C(=O)N2CC3CCCC3C2C(=O)O)c1. The van der Waals surface area contributed by atoms with Crippen molar-refractivity contribution in [2.75, 3.05) is 20.1 Å². The second kappa shape index (κ2) is 6.86. The number of nitrogens with zero attached hydrogens (tertiary/aromatic N) is 2. The molecule has 0 radical (unpaired) electrons. The molecule has 2 aliphatic rings. The molecule has 3 rings (SSSR count). The average Bonchev–Trinajstić information content (AvgIpc) is 3.20. The van der Waals surface area contributed by atoms with Crippen LogP contribution in [0, 0.1) is 11.8 Å². The third-order valence-electron chi connectivity index (χ3n) is 5.58. The fraction of sp³-hybridized carbons (Fsp3) is 0.526. The van der Waals surface area contributed by atoms with E-state index >= 15 is 0 Å². The van der Waals surface area contributed by atoms with Gasteiger partial charge in [0, 0.05) is 31.3 Å². The summed E-state index contributed by atoms with van der Waals surface area (Å²) in [6.45, 7) is 2.95. The molecule has 1 aromatic rings. The smallest absolute Gasteiger partial charge is 0.326 e. The lowest BCUT2D eigenvalue weighted by Crippen LogP contribution is -2.43. The Morgan fingerprint density at radius 1 is 1.24 bits per heavy atom. The van der Waals surface area contributed by atoms with E-state index in [2.05, 4.69) is 0 Å². The highest BCUT2D eigenvalue weighted by molar-refractivity contribution is 6.01. The van der Waals surface area contributed by atoms with Crippen molar-refractivity contribution >= 4 is 17.8 Å². The maximum atomic E-state index is 12.9. The summed E-state index contributed by atoms with van der Waals surface area (Å²) in [6.07, 6.45) is 2.89. The fourth-order valence-electron chi connectivity index (χ4n) is 4.15. The Kier molecular flexibility index (Phi) is 4.79. The van der Waals surface area contributed by atoms with Crippen LogP contribution in [-0.4, -0.2) is 58.9 Å². The molecule has 1 aliphatic heterocycles. The summed E-state index contributed by atoms with van der Waals surface area (Å²) in [6, 6.07) is 5.83. The van der Waals surface area contributed by atoms with Crippen LogP contribution in [0.15, 0.2) is 24.3 Å². The van der Waals surface area contributed by atoms with Crippen LogP contribution in [-0.2, 0) is 4.79 Å². The monoisotopic (exact) mass is 344 g/mol. The summed E-state index contributed by atoms with van der Waals surface area (Å²) in [7, 11) is 1.71. The maximum absolute atomic E-state index is 12.9. The number of benzene rings is 1. The fourth-order valence-corrected chi connectivity index (χ4v) is 4.15. The van der Waals surface area contributed by atoms with Gasteiger partial charge in [0.05, 0.1) is 0 Å². The standard InChI is InChI=1S/C19H24N2O4/c1-3-20(2)17(22)12-6-4-7-13(10-12)18(23)21-11-14-8-5-9-15(14)16(21)19(24)25/h4,6-7,10,14-16H,3,5,8-9,11H2,1-2H3,(H,24,25). The number of likely N-dealkylation sites (tertiary alicyclic amines) is 1. The minimum atomic E-state index is -0.930. The van der Waals surface area contributed by atoms with Gasteiger partial charge in [0.2, 0.25) is 0 Å². The normalized spacial score (nSPS) is 24.9. The van der Waals surface area contributed by atoms with Gasteiger partial charge in [-0.3, -0.25) is 9.59 Å². The first-order chi connectivity index (χ1) is 11.9. The molecule has 1 saturated carbocycles. The molecule has 3 atom stereocenters. The van der Waals surface area contributed by atoms with Crippen LogP contribution >= 0.6 is 0 Å². The Morgan fingerprint density at radius 2 is 1.96 bits per heavy atom. The average molecular weight is 344 g/mol. The molecule has 25 heavy (non-hydrogen) atoms. The van der Waals surface area contributed by atoms with E-state index in [9.17, 15) is 19.5 Å². The third-order valence-corrected chi connectivity index (χ3v) is 5.58. The summed E-state index contributed by atoms with van der Waals surface area (Å²) < 4.78 is 0. The second-order valence-corrected chi connectivity index (χ2v) is 7.00. The molecule has 6 nitrogen and oxygen atoms in total. The minimum Gasteiger partial charge on any atom is -0.480 e. The van der Waals surface area contributed by atoms with E-state index in [4.69, 9.17) is 0 Å². The molecule has 1 N–H and O–H groups in total. The highest BCUT2D eigenvalue weighted by Gasteiger charge is 2.49. The number of amides is 2. The zero-order valence-corrected chi connectivity index (χ0v) is 14.6. The molecule has 2 amide bonds. The first-order valence-corrected chi connectivity index (χ1v) is 8.83. The summed E-state index contributed by atoms with van der Waals surface area (Å²) in [4.78, 5) is 40.1.